The van der Waals surface area contributed by atoms with Crippen LogP contribution in [0.25, 0.3) is 27.7 Å². The van der Waals surface area contributed by atoms with Gasteiger partial charge in [0.1, 0.15) is 12.0 Å². The number of fused-ring (bicyclic) bond motifs is 1. The smallest absolute Gasteiger partial charge is 0.141 e. The molecule has 7 rings (SSSR count). The monoisotopic (exact) mass is 600 g/mol. The quantitative estimate of drug-likeness (QED) is 0.368. The van der Waals surface area contributed by atoms with Crippen molar-refractivity contribution in [2.75, 3.05) is 39.4 Å². The zero-order chi connectivity index (χ0) is 25.7. The molecule has 2 aromatic heterocycles. The number of hydrogen-bond acceptors (Lipinski definition) is 5. The number of benzene rings is 1. The summed E-state index contributed by atoms with van der Waals surface area (Å²) in [7, 11) is 0. The normalized spacial score (nSPS) is 24.9. The van der Waals surface area contributed by atoms with Crippen LogP contribution in [0.1, 0.15) is 63.1 Å². The third-order valence-electron chi connectivity index (χ3n) is 9.72. The summed E-state index contributed by atoms with van der Waals surface area (Å²) in [6.07, 6.45) is 12.9. The number of ether oxygens (including phenoxy) is 1. The molecule has 1 aromatic carbocycles. The Kier molecular flexibility index (Phi) is 7.64. The second-order valence-corrected chi connectivity index (χ2v) is 12.3. The predicted octanol–water partition coefficient (Wildman–Crippen LogP) is 6.38. The van der Waals surface area contributed by atoms with Crippen LogP contribution >= 0.6 is 0 Å². The number of allylic oxidation sites excluding steroid dienone is 2. The Hall–Kier alpha value is -1.80. The maximum atomic E-state index is 5.55. The molecule has 1 spiro atoms. The van der Waals surface area contributed by atoms with Crippen LogP contribution in [-0.2, 0) is 42.9 Å². The van der Waals surface area contributed by atoms with E-state index < -0.39 is 0 Å². The first-order chi connectivity index (χ1) is 18.5. The van der Waals surface area contributed by atoms with Crippen molar-refractivity contribution in [1.29, 1.82) is 0 Å². The van der Waals surface area contributed by atoms with E-state index in [9.17, 15) is 0 Å². The average Bonchev–Trinajstić information content (AvgIpc) is 3.59. The van der Waals surface area contributed by atoms with Gasteiger partial charge in [0.25, 0.3) is 0 Å². The van der Waals surface area contributed by atoms with E-state index in [1.807, 2.05) is 0 Å². The molecule has 0 amide bonds. The van der Waals surface area contributed by atoms with Gasteiger partial charge in [-0.2, -0.15) is 0 Å². The number of H-pyrrole nitrogens is 1. The van der Waals surface area contributed by atoms with Gasteiger partial charge in [0.2, 0.25) is 0 Å². The Bertz CT molecular complexity index is 1360. The SMILES string of the molecule is Cc1c([N-]N2CC3(CCCC3)C2)cccc1-c1ncnc2[nH]c(C3(C)CC=C(N4CCOCC4)CC3)cc12.[Y]. The van der Waals surface area contributed by atoms with E-state index in [-0.39, 0.29) is 38.1 Å². The molecule has 1 atom stereocenters. The van der Waals surface area contributed by atoms with E-state index in [2.05, 4.69) is 64.1 Å². The fourth-order valence-electron chi connectivity index (χ4n) is 7.19. The summed E-state index contributed by atoms with van der Waals surface area (Å²) in [6, 6.07) is 8.74. The molecule has 3 aromatic rings. The van der Waals surface area contributed by atoms with E-state index in [4.69, 9.17) is 15.1 Å². The molecule has 2 aliphatic heterocycles. The second kappa shape index (κ2) is 10.9. The summed E-state index contributed by atoms with van der Waals surface area (Å²) < 4.78 is 5.55. The van der Waals surface area contributed by atoms with Crippen molar-refractivity contribution >= 4 is 16.7 Å². The fourth-order valence-corrected chi connectivity index (χ4v) is 7.19. The van der Waals surface area contributed by atoms with E-state index in [1.165, 1.54) is 42.6 Å². The van der Waals surface area contributed by atoms with Gasteiger partial charge in [-0.3, -0.25) is 0 Å². The molecule has 39 heavy (non-hydrogen) atoms. The first-order valence-corrected chi connectivity index (χ1v) is 14.4. The van der Waals surface area contributed by atoms with Gasteiger partial charge in [0, 0.05) is 73.6 Å². The third kappa shape index (κ3) is 5.09. The Morgan fingerprint density at radius 1 is 1.05 bits per heavy atom. The summed E-state index contributed by atoms with van der Waals surface area (Å²) in [5.41, 5.74) is 13.7. The van der Waals surface area contributed by atoms with Crippen LogP contribution in [0.15, 0.2) is 42.4 Å². The Balaban J connectivity index is 0.00000277. The largest absolute Gasteiger partial charge is 0.620 e. The molecule has 1 unspecified atom stereocenters. The van der Waals surface area contributed by atoms with Gasteiger partial charge in [-0.05, 0) is 63.6 Å². The van der Waals surface area contributed by atoms with Crippen LogP contribution in [0.4, 0.5) is 5.69 Å². The number of rotatable bonds is 5. The van der Waals surface area contributed by atoms with Crippen molar-refractivity contribution in [3.05, 3.63) is 59.0 Å². The van der Waals surface area contributed by atoms with E-state index in [1.54, 1.807) is 6.33 Å². The van der Waals surface area contributed by atoms with Crippen molar-refractivity contribution in [2.45, 2.75) is 64.2 Å². The van der Waals surface area contributed by atoms with Crippen LogP contribution in [0.3, 0.4) is 0 Å². The molecule has 1 N–H and O–H groups in total. The number of nitrogens with one attached hydrogen (secondary N) is 1. The Labute approximate surface area is 257 Å². The van der Waals surface area contributed by atoms with Gasteiger partial charge >= 0.3 is 0 Å². The topological polar surface area (TPSA) is 71.4 Å². The molecule has 203 valence electrons. The molecule has 4 heterocycles. The minimum Gasteiger partial charge on any atom is -0.620 e. The van der Waals surface area contributed by atoms with Crippen molar-refractivity contribution in [3.63, 3.8) is 0 Å². The molecule has 8 heteroatoms. The molecule has 2 aliphatic carbocycles. The fraction of sp³-hybridized carbons (Fsp3) is 0.548. The molecule has 0 bridgehead atoms. The summed E-state index contributed by atoms with van der Waals surface area (Å²) in [5.74, 6) is 0. The van der Waals surface area contributed by atoms with E-state index in [0.717, 1.165) is 86.6 Å². The van der Waals surface area contributed by atoms with Crippen molar-refractivity contribution in [2.24, 2.45) is 5.41 Å². The van der Waals surface area contributed by atoms with Crippen LogP contribution in [-0.4, -0.2) is 64.3 Å². The molecule has 1 saturated carbocycles. The van der Waals surface area contributed by atoms with Gasteiger partial charge < -0.3 is 25.1 Å². The maximum Gasteiger partial charge on any atom is 0.141 e. The van der Waals surface area contributed by atoms with E-state index in [0.29, 0.717) is 5.41 Å². The van der Waals surface area contributed by atoms with Crippen LogP contribution < -0.4 is 0 Å². The standard InChI is InChI=1S/C31H39N6O.Y/c1-22-24(6-5-7-26(22)35-37-19-31(20-37)10-3-4-11-31)28-25-18-27(34-29(25)33-21-32-28)30(2)12-8-23(9-13-30)36-14-16-38-17-15-36;/h5-8,18,21H,3-4,9-17,19-20H2,1-2H3,(H,32,33,34);/q-1;. The summed E-state index contributed by atoms with van der Waals surface area (Å²) in [4.78, 5) is 15.6. The van der Waals surface area contributed by atoms with Crippen LogP contribution in [0, 0.1) is 12.3 Å². The molecule has 2 saturated heterocycles. The summed E-state index contributed by atoms with van der Waals surface area (Å²) in [5, 5.41) is 3.37. The van der Waals surface area contributed by atoms with Gasteiger partial charge in [-0.1, -0.05) is 49.6 Å². The average molecular weight is 601 g/mol. The molecule has 4 aliphatic rings. The van der Waals surface area contributed by atoms with Crippen LogP contribution in [0.2, 0.25) is 0 Å². The molecular formula is C31H39N6OY-. The summed E-state index contributed by atoms with van der Waals surface area (Å²) >= 11 is 0. The maximum absolute atomic E-state index is 5.55. The molecule has 7 nitrogen and oxygen atoms in total. The number of nitrogens with zero attached hydrogens (tertiary/aromatic N) is 5. The number of hydrogen-bond donors (Lipinski definition) is 1. The molecule has 3 fully saturated rings. The molecule has 1 radical (unpaired) electrons. The second-order valence-electron chi connectivity index (χ2n) is 12.3. The Morgan fingerprint density at radius 3 is 2.59 bits per heavy atom. The zero-order valence-corrected chi connectivity index (χ0v) is 26.2. The minimum atomic E-state index is 0. The van der Waals surface area contributed by atoms with Gasteiger partial charge in [0.05, 0.1) is 18.9 Å². The van der Waals surface area contributed by atoms with Crippen molar-refractivity contribution in [1.82, 2.24) is 24.9 Å². The number of morpholine rings is 1. The van der Waals surface area contributed by atoms with E-state index >= 15 is 0 Å². The number of aromatic amines is 1. The van der Waals surface area contributed by atoms with Crippen molar-refractivity contribution < 1.29 is 37.4 Å². The van der Waals surface area contributed by atoms with Gasteiger partial charge in [-0.25, -0.2) is 9.97 Å². The zero-order valence-electron chi connectivity index (χ0n) is 23.4. The third-order valence-corrected chi connectivity index (χ3v) is 9.72. The minimum absolute atomic E-state index is 0. The first kappa shape index (κ1) is 27.4. The first-order valence-electron chi connectivity index (χ1n) is 14.4. The molecular weight excluding hydrogens is 561 g/mol. The van der Waals surface area contributed by atoms with Crippen LogP contribution in [0.5, 0.6) is 0 Å². The van der Waals surface area contributed by atoms with Gasteiger partial charge in [0.15, 0.2) is 0 Å². The summed E-state index contributed by atoms with van der Waals surface area (Å²) in [6.45, 7) is 10.5. The Morgan fingerprint density at radius 2 is 1.85 bits per heavy atom. The van der Waals surface area contributed by atoms with Gasteiger partial charge in [-0.15, -0.1) is 5.69 Å². The van der Waals surface area contributed by atoms with Crippen molar-refractivity contribution in [3.8, 4) is 11.3 Å². The predicted molar refractivity (Wildman–Crippen MR) is 151 cm³/mol. The number of aromatic nitrogens is 3.